The molecule has 0 spiro atoms. The molecule has 0 bridgehead atoms. The van der Waals surface area contributed by atoms with E-state index in [0.717, 1.165) is 22.5 Å². The lowest BCUT2D eigenvalue weighted by Gasteiger charge is -2.01. The van der Waals surface area contributed by atoms with Gasteiger partial charge in [0.15, 0.2) is 0 Å². The van der Waals surface area contributed by atoms with E-state index in [4.69, 9.17) is 0 Å². The van der Waals surface area contributed by atoms with E-state index >= 15 is 0 Å². The van der Waals surface area contributed by atoms with Crippen molar-refractivity contribution in [1.82, 2.24) is 14.4 Å². The molecule has 1 aromatic carbocycles. The first-order valence-electron chi connectivity index (χ1n) is 7.55. The number of carbonyl (C=O) groups is 1. The zero-order valence-electron chi connectivity index (χ0n) is 12.8. The lowest BCUT2D eigenvalue weighted by molar-refractivity contribution is 0.102. The third-order valence-corrected chi connectivity index (χ3v) is 3.73. The van der Waals surface area contributed by atoms with Crippen molar-refractivity contribution >= 4 is 17.2 Å². The maximum atomic E-state index is 12.3. The monoisotopic (exact) mass is 314 g/mol. The molecule has 0 aliphatic carbocycles. The van der Waals surface area contributed by atoms with E-state index in [0.29, 0.717) is 5.69 Å². The molecule has 116 valence electrons. The third-order valence-electron chi connectivity index (χ3n) is 3.73. The number of rotatable bonds is 3. The number of nitrogens with zero attached hydrogens (tertiary/aromatic N) is 3. The number of carbonyl (C=O) groups excluding carboxylic acids is 1. The van der Waals surface area contributed by atoms with Crippen LogP contribution in [0.3, 0.4) is 0 Å². The van der Waals surface area contributed by atoms with Gasteiger partial charge in [0.2, 0.25) is 0 Å². The molecule has 0 unspecified atom stereocenters. The number of fused-ring (bicyclic) bond motifs is 1. The molecule has 4 rings (SSSR count). The van der Waals surface area contributed by atoms with E-state index in [1.54, 1.807) is 18.6 Å². The summed E-state index contributed by atoms with van der Waals surface area (Å²) in [4.78, 5) is 20.8. The highest BCUT2D eigenvalue weighted by Gasteiger charge is 2.11. The number of hydrogen-bond acceptors (Lipinski definition) is 3. The van der Waals surface area contributed by atoms with Crippen molar-refractivity contribution in [3.8, 4) is 11.1 Å². The summed E-state index contributed by atoms with van der Waals surface area (Å²) in [6.45, 7) is 0. The molecular weight excluding hydrogens is 300 g/mol. The van der Waals surface area contributed by atoms with Crippen molar-refractivity contribution in [3.05, 3.63) is 85.1 Å². The van der Waals surface area contributed by atoms with E-state index in [1.165, 1.54) is 0 Å². The van der Waals surface area contributed by atoms with Crippen molar-refractivity contribution in [2.24, 2.45) is 0 Å². The van der Waals surface area contributed by atoms with Crippen LogP contribution in [0.15, 0.2) is 79.4 Å². The van der Waals surface area contributed by atoms with E-state index in [-0.39, 0.29) is 5.91 Å². The summed E-state index contributed by atoms with van der Waals surface area (Å²) in [6.07, 6.45) is 7.20. The van der Waals surface area contributed by atoms with Crippen LogP contribution in [-0.2, 0) is 0 Å². The summed E-state index contributed by atoms with van der Waals surface area (Å²) in [7, 11) is 0. The number of imidazole rings is 1. The van der Waals surface area contributed by atoms with Crippen LogP contribution in [0.4, 0.5) is 5.69 Å². The average Bonchev–Trinajstić information content (AvgIpc) is 3.07. The first kappa shape index (κ1) is 14.1. The Morgan fingerprint density at radius 3 is 2.46 bits per heavy atom. The molecule has 3 aromatic heterocycles. The smallest absolute Gasteiger partial charge is 0.275 e. The van der Waals surface area contributed by atoms with E-state index in [2.05, 4.69) is 15.3 Å². The van der Waals surface area contributed by atoms with Crippen LogP contribution in [0.5, 0.6) is 0 Å². The molecular formula is C19H14N4O. The van der Waals surface area contributed by atoms with Crippen molar-refractivity contribution in [2.75, 3.05) is 5.32 Å². The first-order valence-corrected chi connectivity index (χ1v) is 7.55. The van der Waals surface area contributed by atoms with Crippen LogP contribution in [0.2, 0.25) is 0 Å². The van der Waals surface area contributed by atoms with Gasteiger partial charge in [0.1, 0.15) is 11.3 Å². The van der Waals surface area contributed by atoms with Crippen molar-refractivity contribution < 1.29 is 4.79 Å². The minimum absolute atomic E-state index is 0.227. The highest BCUT2D eigenvalue weighted by atomic mass is 16.1. The summed E-state index contributed by atoms with van der Waals surface area (Å²) in [6, 6.07) is 17.1. The largest absolute Gasteiger partial charge is 0.321 e. The lowest BCUT2D eigenvalue weighted by Crippen LogP contribution is -2.11. The standard InChI is InChI=1S/C19H14N4O/c24-19(21-16-4-2-1-3-5-16)17-13-23-12-15(6-7-18(23)22-17)14-8-10-20-11-9-14/h1-13H,(H,21,24). The Morgan fingerprint density at radius 2 is 1.67 bits per heavy atom. The van der Waals surface area contributed by atoms with Gasteiger partial charge in [0, 0.05) is 30.5 Å². The Kier molecular flexibility index (Phi) is 3.51. The zero-order chi connectivity index (χ0) is 16.4. The second-order valence-corrected chi connectivity index (χ2v) is 5.37. The number of benzene rings is 1. The maximum absolute atomic E-state index is 12.3. The minimum Gasteiger partial charge on any atom is -0.321 e. The van der Waals surface area contributed by atoms with Crippen LogP contribution in [0.25, 0.3) is 16.8 Å². The van der Waals surface area contributed by atoms with Crippen LogP contribution in [0.1, 0.15) is 10.5 Å². The number of aromatic nitrogens is 3. The van der Waals surface area contributed by atoms with Crippen LogP contribution in [-0.4, -0.2) is 20.3 Å². The van der Waals surface area contributed by atoms with Crippen LogP contribution >= 0.6 is 0 Å². The van der Waals surface area contributed by atoms with Gasteiger partial charge >= 0.3 is 0 Å². The van der Waals surface area contributed by atoms with Gasteiger partial charge < -0.3 is 9.72 Å². The van der Waals surface area contributed by atoms with Crippen molar-refractivity contribution in [1.29, 1.82) is 0 Å². The highest BCUT2D eigenvalue weighted by molar-refractivity contribution is 6.03. The van der Waals surface area contributed by atoms with Crippen LogP contribution in [0, 0.1) is 0 Å². The summed E-state index contributed by atoms with van der Waals surface area (Å²) in [5.74, 6) is -0.227. The predicted molar refractivity (Wildman–Crippen MR) is 92.8 cm³/mol. The van der Waals surface area contributed by atoms with E-state index in [9.17, 15) is 4.79 Å². The van der Waals surface area contributed by atoms with Gasteiger partial charge in [-0.2, -0.15) is 0 Å². The number of amides is 1. The number of hydrogen-bond donors (Lipinski definition) is 1. The van der Waals surface area contributed by atoms with E-state index in [1.807, 2.05) is 65.2 Å². The Labute approximate surface area is 138 Å². The molecule has 5 heteroatoms. The molecule has 4 aromatic rings. The SMILES string of the molecule is O=C(Nc1ccccc1)c1cn2cc(-c3ccncc3)ccc2n1. The Morgan fingerprint density at radius 1 is 0.875 bits per heavy atom. The van der Waals surface area contributed by atoms with Gasteiger partial charge in [-0.05, 0) is 47.5 Å². The fraction of sp³-hybridized carbons (Fsp3) is 0. The Balaban J connectivity index is 1.65. The van der Waals surface area contributed by atoms with Gasteiger partial charge in [-0.3, -0.25) is 9.78 Å². The van der Waals surface area contributed by atoms with Crippen LogP contribution < -0.4 is 5.32 Å². The number of anilines is 1. The minimum atomic E-state index is -0.227. The fourth-order valence-corrected chi connectivity index (χ4v) is 2.53. The molecule has 3 heterocycles. The molecule has 0 radical (unpaired) electrons. The Hall–Kier alpha value is -3.47. The number of pyridine rings is 2. The second kappa shape index (κ2) is 5.96. The second-order valence-electron chi connectivity index (χ2n) is 5.37. The summed E-state index contributed by atoms with van der Waals surface area (Å²) in [5.41, 5.74) is 3.96. The lowest BCUT2D eigenvalue weighted by atomic mass is 10.1. The van der Waals surface area contributed by atoms with Crippen molar-refractivity contribution in [2.45, 2.75) is 0 Å². The molecule has 1 amide bonds. The first-order chi connectivity index (χ1) is 11.8. The van der Waals surface area contributed by atoms with Crippen molar-refractivity contribution in [3.63, 3.8) is 0 Å². The predicted octanol–water partition coefficient (Wildman–Crippen LogP) is 3.65. The average molecular weight is 314 g/mol. The quantitative estimate of drug-likeness (QED) is 0.628. The van der Waals surface area contributed by atoms with Gasteiger partial charge in [0.05, 0.1) is 0 Å². The topological polar surface area (TPSA) is 59.3 Å². The number of nitrogens with one attached hydrogen (secondary N) is 1. The van der Waals surface area contributed by atoms with Gasteiger partial charge in [-0.15, -0.1) is 0 Å². The highest BCUT2D eigenvalue weighted by Crippen LogP contribution is 2.19. The molecule has 0 saturated heterocycles. The maximum Gasteiger partial charge on any atom is 0.275 e. The molecule has 0 aliphatic heterocycles. The molecule has 0 atom stereocenters. The van der Waals surface area contributed by atoms with E-state index < -0.39 is 0 Å². The summed E-state index contributed by atoms with van der Waals surface area (Å²) >= 11 is 0. The molecule has 0 saturated carbocycles. The van der Waals surface area contributed by atoms with Gasteiger partial charge in [0.25, 0.3) is 5.91 Å². The Bertz CT molecular complexity index is 994. The summed E-state index contributed by atoms with van der Waals surface area (Å²) in [5, 5.41) is 2.84. The fourth-order valence-electron chi connectivity index (χ4n) is 2.53. The molecule has 0 aliphatic rings. The molecule has 5 nitrogen and oxygen atoms in total. The normalized spacial score (nSPS) is 10.7. The zero-order valence-corrected chi connectivity index (χ0v) is 12.8. The third kappa shape index (κ3) is 2.75. The number of para-hydroxylation sites is 1. The van der Waals surface area contributed by atoms with Gasteiger partial charge in [-0.1, -0.05) is 18.2 Å². The molecule has 24 heavy (non-hydrogen) atoms. The molecule has 1 N–H and O–H groups in total. The molecule has 0 fully saturated rings. The summed E-state index contributed by atoms with van der Waals surface area (Å²) < 4.78 is 1.86. The van der Waals surface area contributed by atoms with Gasteiger partial charge in [-0.25, -0.2) is 4.98 Å².